The molecule has 4 heteroatoms. The molecule has 2 heterocycles. The van der Waals surface area contributed by atoms with E-state index in [9.17, 15) is 9.59 Å². The summed E-state index contributed by atoms with van der Waals surface area (Å²) in [6, 6.07) is 13.6. The lowest BCUT2D eigenvalue weighted by molar-refractivity contribution is -0.113. The number of benzene rings is 1. The molecule has 0 unspecified atom stereocenters. The van der Waals surface area contributed by atoms with E-state index in [1.807, 2.05) is 66.7 Å². The van der Waals surface area contributed by atoms with E-state index < -0.39 is 0 Å². The standard InChI is InChI=1S/C20H19NO2S/c1-13-16(14(2)22)12-17(20(23)18-10-7-11-24-18)19(21(13)3)15-8-5-4-6-9-15/h4-11H,12H2,1-3H3. The van der Waals surface area contributed by atoms with E-state index in [2.05, 4.69) is 0 Å². The minimum atomic E-state index is 0.00181. The van der Waals surface area contributed by atoms with E-state index in [-0.39, 0.29) is 11.6 Å². The van der Waals surface area contributed by atoms with Gasteiger partial charge in [0.1, 0.15) is 0 Å². The van der Waals surface area contributed by atoms with Crippen LogP contribution in [0.4, 0.5) is 0 Å². The Hall–Kier alpha value is -2.46. The number of rotatable bonds is 4. The van der Waals surface area contributed by atoms with Crippen molar-refractivity contribution in [1.29, 1.82) is 0 Å². The highest BCUT2D eigenvalue weighted by Crippen LogP contribution is 2.37. The number of hydrogen-bond donors (Lipinski definition) is 0. The highest BCUT2D eigenvalue weighted by Gasteiger charge is 2.30. The minimum absolute atomic E-state index is 0.00181. The lowest BCUT2D eigenvalue weighted by Gasteiger charge is -2.32. The van der Waals surface area contributed by atoms with Gasteiger partial charge in [-0.25, -0.2) is 0 Å². The Kier molecular flexibility index (Phi) is 4.49. The number of nitrogens with zero attached hydrogens (tertiary/aromatic N) is 1. The maximum absolute atomic E-state index is 13.1. The second-order valence-corrected chi connectivity index (χ2v) is 6.80. The SMILES string of the molecule is CC(=O)C1=C(C)N(C)C(c2ccccc2)=C(C(=O)c2cccs2)C1. The molecule has 0 saturated carbocycles. The van der Waals surface area contributed by atoms with Crippen LogP contribution < -0.4 is 0 Å². The van der Waals surface area contributed by atoms with E-state index in [1.54, 1.807) is 6.92 Å². The van der Waals surface area contributed by atoms with E-state index in [0.29, 0.717) is 22.4 Å². The highest BCUT2D eigenvalue weighted by molar-refractivity contribution is 7.12. The maximum Gasteiger partial charge on any atom is 0.201 e. The molecule has 3 rings (SSSR count). The van der Waals surface area contributed by atoms with Crippen LogP contribution >= 0.6 is 11.3 Å². The van der Waals surface area contributed by atoms with Crippen LogP contribution in [0.25, 0.3) is 5.70 Å². The Labute approximate surface area is 145 Å². The fourth-order valence-corrected chi connectivity index (χ4v) is 3.74. The van der Waals surface area contributed by atoms with Gasteiger partial charge in [-0.05, 0) is 30.9 Å². The molecule has 122 valence electrons. The van der Waals surface area contributed by atoms with Crippen molar-refractivity contribution in [3.8, 4) is 0 Å². The van der Waals surface area contributed by atoms with Crippen LogP contribution in [0.5, 0.6) is 0 Å². The molecule has 0 atom stereocenters. The molecule has 24 heavy (non-hydrogen) atoms. The molecule has 0 fully saturated rings. The van der Waals surface area contributed by atoms with Crippen LogP contribution in [-0.4, -0.2) is 23.5 Å². The summed E-state index contributed by atoms with van der Waals surface area (Å²) >= 11 is 1.43. The van der Waals surface area contributed by atoms with Gasteiger partial charge in [-0.2, -0.15) is 0 Å². The first kappa shape index (κ1) is 16.4. The summed E-state index contributed by atoms with van der Waals surface area (Å²) in [5, 5.41) is 1.90. The Bertz CT molecular complexity index is 845. The van der Waals surface area contributed by atoms with Crippen LogP contribution in [0.2, 0.25) is 0 Å². The van der Waals surface area contributed by atoms with Crippen LogP contribution in [0, 0.1) is 0 Å². The predicted octanol–water partition coefficient (Wildman–Crippen LogP) is 4.54. The number of thiophene rings is 1. The third-order valence-electron chi connectivity index (χ3n) is 4.41. The molecule has 1 aromatic heterocycles. The second kappa shape index (κ2) is 6.57. The van der Waals surface area contributed by atoms with Crippen molar-refractivity contribution in [3.05, 3.63) is 75.1 Å². The zero-order chi connectivity index (χ0) is 17.3. The van der Waals surface area contributed by atoms with Crippen LogP contribution in [0.3, 0.4) is 0 Å². The van der Waals surface area contributed by atoms with Crippen molar-refractivity contribution in [3.63, 3.8) is 0 Å². The van der Waals surface area contributed by atoms with Crippen LogP contribution in [0.1, 0.15) is 35.5 Å². The van der Waals surface area contributed by atoms with Gasteiger partial charge in [-0.1, -0.05) is 36.4 Å². The smallest absolute Gasteiger partial charge is 0.201 e. The molecule has 0 saturated heterocycles. The van der Waals surface area contributed by atoms with Crippen LogP contribution in [-0.2, 0) is 4.79 Å². The Balaban J connectivity index is 2.18. The van der Waals surface area contributed by atoms with E-state index >= 15 is 0 Å². The zero-order valence-electron chi connectivity index (χ0n) is 14.0. The van der Waals surface area contributed by atoms with Gasteiger partial charge in [-0.3, -0.25) is 9.59 Å². The van der Waals surface area contributed by atoms with Crippen molar-refractivity contribution >= 4 is 28.6 Å². The molecule has 3 nitrogen and oxygen atoms in total. The average Bonchev–Trinajstić information content (AvgIpc) is 3.11. The highest BCUT2D eigenvalue weighted by atomic mass is 32.1. The molecular formula is C20H19NO2S. The molecule has 1 aromatic carbocycles. The lowest BCUT2D eigenvalue weighted by atomic mass is 9.89. The van der Waals surface area contributed by atoms with Crippen molar-refractivity contribution < 1.29 is 9.59 Å². The molecule has 0 spiro atoms. The maximum atomic E-state index is 13.1. The van der Waals surface area contributed by atoms with E-state index in [0.717, 1.165) is 17.0 Å². The summed E-state index contributed by atoms with van der Waals surface area (Å²) in [4.78, 5) is 27.8. The summed E-state index contributed by atoms with van der Waals surface area (Å²) in [6.07, 6.45) is 0.381. The van der Waals surface area contributed by atoms with Gasteiger partial charge < -0.3 is 4.90 Å². The Morgan fingerprint density at radius 2 is 1.75 bits per heavy atom. The molecule has 2 aromatic rings. The van der Waals surface area contributed by atoms with Gasteiger partial charge in [0.25, 0.3) is 0 Å². The molecule has 0 aliphatic carbocycles. The number of hydrogen-bond acceptors (Lipinski definition) is 4. The summed E-state index contributed by atoms with van der Waals surface area (Å²) in [6.45, 7) is 3.50. The number of allylic oxidation sites excluding steroid dienone is 3. The van der Waals surface area contributed by atoms with Gasteiger partial charge in [0.05, 0.1) is 10.6 Å². The van der Waals surface area contributed by atoms with E-state index in [4.69, 9.17) is 0 Å². The molecule has 1 aliphatic heterocycles. The lowest BCUT2D eigenvalue weighted by Crippen LogP contribution is -2.26. The third kappa shape index (κ3) is 2.85. The van der Waals surface area contributed by atoms with Gasteiger partial charge in [0, 0.05) is 30.3 Å². The summed E-state index contributed by atoms with van der Waals surface area (Å²) in [5.74, 6) is 0.0184. The quantitative estimate of drug-likeness (QED) is 0.769. The van der Waals surface area contributed by atoms with E-state index in [1.165, 1.54) is 11.3 Å². The first-order valence-electron chi connectivity index (χ1n) is 7.82. The molecule has 0 N–H and O–H groups in total. The predicted molar refractivity (Wildman–Crippen MR) is 97.8 cm³/mol. The van der Waals surface area contributed by atoms with Gasteiger partial charge in [0.2, 0.25) is 5.78 Å². The second-order valence-electron chi connectivity index (χ2n) is 5.86. The topological polar surface area (TPSA) is 37.4 Å². The first-order valence-corrected chi connectivity index (χ1v) is 8.70. The molecular weight excluding hydrogens is 318 g/mol. The molecule has 0 bridgehead atoms. The normalized spacial score (nSPS) is 15.0. The summed E-state index contributed by atoms with van der Waals surface area (Å²) in [5.41, 5.74) is 4.17. The average molecular weight is 337 g/mol. The minimum Gasteiger partial charge on any atom is -0.347 e. The number of ketones is 2. The molecule has 1 aliphatic rings. The van der Waals surface area contributed by atoms with Gasteiger partial charge >= 0.3 is 0 Å². The van der Waals surface area contributed by atoms with Crippen molar-refractivity contribution in [2.24, 2.45) is 0 Å². The number of Topliss-reactive ketones (excluding diaryl/α,β-unsaturated/α-hetero) is 2. The summed E-state index contributed by atoms with van der Waals surface area (Å²) < 4.78 is 0. The molecule has 0 amide bonds. The van der Waals surface area contributed by atoms with Gasteiger partial charge in [0.15, 0.2) is 5.78 Å². The largest absolute Gasteiger partial charge is 0.347 e. The van der Waals surface area contributed by atoms with Crippen molar-refractivity contribution in [2.45, 2.75) is 20.3 Å². The third-order valence-corrected chi connectivity index (χ3v) is 5.27. The van der Waals surface area contributed by atoms with Crippen molar-refractivity contribution in [1.82, 2.24) is 4.90 Å². The van der Waals surface area contributed by atoms with Gasteiger partial charge in [-0.15, -0.1) is 11.3 Å². The Morgan fingerprint density at radius 1 is 1.04 bits per heavy atom. The fraction of sp³-hybridized carbons (Fsp3) is 0.200. The first-order chi connectivity index (χ1) is 11.5. The number of carbonyl (C=O) groups excluding carboxylic acids is 2. The molecule has 0 radical (unpaired) electrons. The number of carbonyl (C=O) groups is 2. The zero-order valence-corrected chi connectivity index (χ0v) is 14.8. The monoisotopic (exact) mass is 337 g/mol. The Morgan fingerprint density at radius 3 is 2.33 bits per heavy atom. The van der Waals surface area contributed by atoms with Crippen LogP contribution in [0.15, 0.2) is 64.7 Å². The fourth-order valence-electron chi connectivity index (χ4n) is 3.05. The summed E-state index contributed by atoms with van der Waals surface area (Å²) in [7, 11) is 1.92. The van der Waals surface area contributed by atoms with Crippen molar-refractivity contribution in [2.75, 3.05) is 7.05 Å².